The highest BCUT2D eigenvalue weighted by molar-refractivity contribution is 5.12. The molecule has 2 nitrogen and oxygen atoms in total. The van der Waals surface area contributed by atoms with Gasteiger partial charge in [-0.25, -0.2) is 0 Å². The molecule has 1 spiro atoms. The van der Waals surface area contributed by atoms with Gasteiger partial charge in [0.25, 0.3) is 0 Å². The Morgan fingerprint density at radius 3 is 2.25 bits per heavy atom. The van der Waals surface area contributed by atoms with Crippen LogP contribution in [-0.4, -0.2) is 29.6 Å². The standard InChI is InChI=1S/C10H20N2/c1-9(2,3)12-5-4-10(7-12)6-8(10)11/h8H,4-7,11H2,1-3H3/t8-,10?/m1/s1. The topological polar surface area (TPSA) is 29.3 Å². The Labute approximate surface area is 75.1 Å². The van der Waals surface area contributed by atoms with Crippen molar-refractivity contribution in [2.75, 3.05) is 13.1 Å². The summed E-state index contributed by atoms with van der Waals surface area (Å²) >= 11 is 0. The fraction of sp³-hybridized carbons (Fsp3) is 1.00. The molecular formula is C10H20N2. The van der Waals surface area contributed by atoms with Crippen molar-refractivity contribution >= 4 is 0 Å². The molecule has 12 heavy (non-hydrogen) atoms. The predicted octanol–water partition coefficient (Wildman–Crippen LogP) is 1.21. The first-order chi connectivity index (χ1) is 5.44. The quantitative estimate of drug-likeness (QED) is 0.589. The lowest BCUT2D eigenvalue weighted by Gasteiger charge is -2.31. The van der Waals surface area contributed by atoms with Crippen LogP contribution in [-0.2, 0) is 0 Å². The predicted molar refractivity (Wildman–Crippen MR) is 51.0 cm³/mol. The Morgan fingerprint density at radius 2 is 2.00 bits per heavy atom. The lowest BCUT2D eigenvalue weighted by molar-refractivity contribution is 0.165. The minimum atomic E-state index is 0.339. The lowest BCUT2D eigenvalue weighted by Crippen LogP contribution is -2.40. The molecule has 0 aromatic carbocycles. The molecule has 2 heteroatoms. The summed E-state index contributed by atoms with van der Waals surface area (Å²) < 4.78 is 0. The average molecular weight is 168 g/mol. The second-order valence-corrected chi connectivity index (χ2v) is 5.52. The monoisotopic (exact) mass is 168 g/mol. The Balaban J connectivity index is 2.00. The molecule has 1 saturated heterocycles. The molecule has 0 radical (unpaired) electrons. The average Bonchev–Trinajstić information content (AvgIpc) is 2.43. The molecule has 2 rings (SSSR count). The molecule has 2 atom stereocenters. The van der Waals surface area contributed by atoms with E-state index in [9.17, 15) is 0 Å². The maximum atomic E-state index is 5.94. The molecule has 2 fully saturated rings. The van der Waals surface area contributed by atoms with Gasteiger partial charge in [0.1, 0.15) is 0 Å². The normalized spacial score (nSPS) is 42.5. The number of hydrogen-bond donors (Lipinski definition) is 1. The molecule has 0 aromatic rings. The smallest absolute Gasteiger partial charge is 0.0125 e. The van der Waals surface area contributed by atoms with Crippen LogP contribution in [0.3, 0.4) is 0 Å². The number of rotatable bonds is 0. The van der Waals surface area contributed by atoms with Gasteiger partial charge in [-0.2, -0.15) is 0 Å². The van der Waals surface area contributed by atoms with Gasteiger partial charge in [0.05, 0.1) is 0 Å². The second kappa shape index (κ2) is 2.24. The third-order valence-electron chi connectivity index (χ3n) is 3.59. The van der Waals surface area contributed by atoms with E-state index in [2.05, 4.69) is 25.7 Å². The van der Waals surface area contributed by atoms with Crippen LogP contribution in [0.4, 0.5) is 0 Å². The van der Waals surface area contributed by atoms with Gasteiger partial charge in [0, 0.05) is 23.5 Å². The number of nitrogens with zero attached hydrogens (tertiary/aromatic N) is 1. The first kappa shape index (κ1) is 8.52. The van der Waals surface area contributed by atoms with E-state index in [1.54, 1.807) is 0 Å². The maximum Gasteiger partial charge on any atom is 0.0125 e. The van der Waals surface area contributed by atoms with Crippen molar-refractivity contribution in [3.8, 4) is 0 Å². The zero-order valence-electron chi connectivity index (χ0n) is 8.43. The van der Waals surface area contributed by atoms with Crippen LogP contribution in [0.1, 0.15) is 33.6 Å². The third kappa shape index (κ3) is 1.17. The van der Waals surface area contributed by atoms with Crippen LogP contribution >= 0.6 is 0 Å². The highest BCUT2D eigenvalue weighted by Crippen LogP contribution is 2.52. The van der Waals surface area contributed by atoms with Gasteiger partial charge < -0.3 is 5.73 Å². The Kier molecular flexibility index (Phi) is 1.59. The molecule has 2 N–H and O–H groups in total. The van der Waals surface area contributed by atoms with Crippen LogP contribution in [0.5, 0.6) is 0 Å². The number of likely N-dealkylation sites (tertiary alicyclic amines) is 1. The van der Waals surface area contributed by atoms with Crippen molar-refractivity contribution in [3.63, 3.8) is 0 Å². The van der Waals surface area contributed by atoms with Gasteiger partial charge in [-0.15, -0.1) is 0 Å². The van der Waals surface area contributed by atoms with Crippen LogP contribution in [0.25, 0.3) is 0 Å². The fourth-order valence-electron chi connectivity index (χ4n) is 2.32. The Bertz CT molecular complexity index is 195. The van der Waals surface area contributed by atoms with Gasteiger partial charge in [-0.05, 0) is 40.2 Å². The minimum Gasteiger partial charge on any atom is -0.327 e. The van der Waals surface area contributed by atoms with Crippen molar-refractivity contribution in [2.24, 2.45) is 11.1 Å². The van der Waals surface area contributed by atoms with E-state index in [0.29, 0.717) is 17.0 Å². The highest BCUT2D eigenvalue weighted by Gasteiger charge is 2.56. The van der Waals surface area contributed by atoms with E-state index in [-0.39, 0.29) is 0 Å². The molecule has 0 bridgehead atoms. The third-order valence-corrected chi connectivity index (χ3v) is 3.59. The number of nitrogens with two attached hydrogens (primary N) is 1. The molecule has 1 aliphatic heterocycles. The molecule has 0 amide bonds. The van der Waals surface area contributed by atoms with Crippen LogP contribution in [0.2, 0.25) is 0 Å². The molecule has 1 heterocycles. The summed E-state index contributed by atoms with van der Waals surface area (Å²) in [5, 5.41) is 0. The Hall–Kier alpha value is -0.0800. The molecule has 1 unspecified atom stereocenters. The lowest BCUT2D eigenvalue weighted by atomic mass is 10.0. The summed E-state index contributed by atoms with van der Waals surface area (Å²) in [5.41, 5.74) is 6.82. The summed E-state index contributed by atoms with van der Waals surface area (Å²) in [6, 6.07) is 0.504. The first-order valence-corrected chi connectivity index (χ1v) is 4.95. The highest BCUT2D eigenvalue weighted by atomic mass is 15.2. The number of hydrogen-bond acceptors (Lipinski definition) is 2. The van der Waals surface area contributed by atoms with E-state index in [1.165, 1.54) is 25.9 Å². The summed E-state index contributed by atoms with van der Waals surface area (Å²) in [5.74, 6) is 0. The summed E-state index contributed by atoms with van der Waals surface area (Å²) in [4.78, 5) is 2.57. The summed E-state index contributed by atoms with van der Waals surface area (Å²) in [6.45, 7) is 9.36. The summed E-state index contributed by atoms with van der Waals surface area (Å²) in [6.07, 6.45) is 2.59. The first-order valence-electron chi connectivity index (χ1n) is 4.95. The van der Waals surface area contributed by atoms with Crippen LogP contribution in [0.15, 0.2) is 0 Å². The van der Waals surface area contributed by atoms with Crippen molar-refractivity contribution < 1.29 is 0 Å². The van der Waals surface area contributed by atoms with Crippen molar-refractivity contribution in [1.82, 2.24) is 4.90 Å². The van der Waals surface area contributed by atoms with Gasteiger partial charge in [0.15, 0.2) is 0 Å². The zero-order chi connectivity index (χ0) is 8.98. The zero-order valence-corrected chi connectivity index (χ0v) is 8.43. The van der Waals surface area contributed by atoms with Crippen molar-refractivity contribution in [2.45, 2.75) is 45.2 Å². The van der Waals surface area contributed by atoms with Crippen LogP contribution < -0.4 is 5.73 Å². The fourth-order valence-corrected chi connectivity index (χ4v) is 2.32. The maximum absolute atomic E-state index is 5.94. The van der Waals surface area contributed by atoms with Crippen molar-refractivity contribution in [1.29, 1.82) is 0 Å². The molecule has 2 aliphatic rings. The van der Waals surface area contributed by atoms with E-state index < -0.39 is 0 Å². The molecule has 70 valence electrons. The summed E-state index contributed by atoms with van der Waals surface area (Å²) in [7, 11) is 0. The van der Waals surface area contributed by atoms with Gasteiger partial charge in [-0.3, -0.25) is 4.90 Å². The van der Waals surface area contributed by atoms with Gasteiger partial charge in [0.2, 0.25) is 0 Å². The van der Waals surface area contributed by atoms with Crippen LogP contribution in [0, 0.1) is 5.41 Å². The van der Waals surface area contributed by atoms with E-state index in [0.717, 1.165) is 0 Å². The largest absolute Gasteiger partial charge is 0.327 e. The van der Waals surface area contributed by atoms with Gasteiger partial charge >= 0.3 is 0 Å². The second-order valence-electron chi connectivity index (χ2n) is 5.52. The minimum absolute atomic E-state index is 0.339. The molecule has 1 saturated carbocycles. The van der Waals surface area contributed by atoms with Gasteiger partial charge in [-0.1, -0.05) is 0 Å². The van der Waals surface area contributed by atoms with E-state index in [1.807, 2.05) is 0 Å². The van der Waals surface area contributed by atoms with E-state index >= 15 is 0 Å². The SMILES string of the molecule is CC(C)(C)N1CCC2(C[C@H]2N)C1. The molecule has 0 aromatic heterocycles. The van der Waals surface area contributed by atoms with E-state index in [4.69, 9.17) is 5.73 Å². The van der Waals surface area contributed by atoms with Crippen molar-refractivity contribution in [3.05, 3.63) is 0 Å². The molecule has 1 aliphatic carbocycles. The molecular weight excluding hydrogens is 148 g/mol. The Morgan fingerprint density at radius 1 is 1.42 bits per heavy atom.